The molecule has 2 aliphatic heterocycles. The normalized spacial score (nSPS) is 30.3. The van der Waals surface area contributed by atoms with E-state index in [-0.39, 0.29) is 23.7 Å². The third-order valence-electron chi connectivity index (χ3n) is 4.37. The van der Waals surface area contributed by atoms with Gasteiger partial charge in [-0.15, -0.1) is 0 Å². The largest absolute Gasteiger partial charge is 0.349 e. The first-order valence-electron chi connectivity index (χ1n) is 6.95. The Morgan fingerprint density at radius 1 is 1.37 bits per heavy atom. The van der Waals surface area contributed by atoms with Crippen molar-refractivity contribution in [2.45, 2.75) is 44.3 Å². The summed E-state index contributed by atoms with van der Waals surface area (Å²) in [5, 5.41) is 6.51. The minimum Gasteiger partial charge on any atom is -0.349 e. The van der Waals surface area contributed by atoms with E-state index in [1.54, 1.807) is 12.1 Å². The highest BCUT2D eigenvalue weighted by atomic mass is 19.1. The second-order valence-electron chi connectivity index (χ2n) is 5.67. The summed E-state index contributed by atoms with van der Waals surface area (Å²) >= 11 is 0. The SMILES string of the molecule is C[C@@H](NC(=O)C1CC2CCC1N2)c1ccc(F)cc1. The van der Waals surface area contributed by atoms with E-state index in [1.165, 1.54) is 18.6 Å². The monoisotopic (exact) mass is 262 g/mol. The van der Waals surface area contributed by atoms with Crippen molar-refractivity contribution < 1.29 is 9.18 Å². The van der Waals surface area contributed by atoms with Crippen LogP contribution in [0.2, 0.25) is 0 Å². The van der Waals surface area contributed by atoms with Crippen LogP contribution in [0.1, 0.15) is 37.8 Å². The number of nitrogens with one attached hydrogen (secondary N) is 2. The molecule has 2 N–H and O–H groups in total. The quantitative estimate of drug-likeness (QED) is 0.876. The number of rotatable bonds is 3. The van der Waals surface area contributed by atoms with Crippen LogP contribution < -0.4 is 10.6 Å². The van der Waals surface area contributed by atoms with Gasteiger partial charge < -0.3 is 10.6 Å². The second kappa shape index (κ2) is 4.93. The molecule has 2 bridgehead atoms. The molecule has 2 saturated heterocycles. The third kappa shape index (κ3) is 2.50. The molecule has 2 fully saturated rings. The van der Waals surface area contributed by atoms with Gasteiger partial charge >= 0.3 is 0 Å². The molecule has 3 unspecified atom stereocenters. The van der Waals surface area contributed by atoms with Gasteiger partial charge in [0.05, 0.1) is 12.0 Å². The lowest BCUT2D eigenvalue weighted by Crippen LogP contribution is -2.38. The van der Waals surface area contributed by atoms with E-state index in [0.29, 0.717) is 12.1 Å². The van der Waals surface area contributed by atoms with Gasteiger partial charge in [0.25, 0.3) is 0 Å². The summed E-state index contributed by atoms with van der Waals surface area (Å²) in [4.78, 5) is 12.3. The van der Waals surface area contributed by atoms with E-state index in [2.05, 4.69) is 10.6 Å². The van der Waals surface area contributed by atoms with Crippen LogP contribution in [0, 0.1) is 11.7 Å². The molecular formula is C15H19FN2O. The van der Waals surface area contributed by atoms with Crippen LogP contribution in [0.3, 0.4) is 0 Å². The smallest absolute Gasteiger partial charge is 0.225 e. The highest BCUT2D eigenvalue weighted by Gasteiger charge is 2.42. The Morgan fingerprint density at radius 3 is 2.68 bits per heavy atom. The topological polar surface area (TPSA) is 41.1 Å². The number of benzene rings is 1. The molecule has 4 heteroatoms. The standard InChI is InChI=1S/C15H19FN2O/c1-9(10-2-4-11(16)5-3-10)17-15(19)13-8-12-6-7-14(13)18-12/h2-5,9,12-14,18H,6-8H2,1H3,(H,17,19)/t9-,12?,13?,14?/m1/s1. The Balaban J connectivity index is 1.61. The minimum atomic E-state index is -0.250. The maximum absolute atomic E-state index is 12.9. The fourth-order valence-electron chi connectivity index (χ4n) is 3.27. The molecule has 2 heterocycles. The van der Waals surface area contributed by atoms with Crippen molar-refractivity contribution in [3.63, 3.8) is 0 Å². The molecule has 1 aromatic rings. The van der Waals surface area contributed by atoms with Crippen molar-refractivity contribution in [1.82, 2.24) is 10.6 Å². The van der Waals surface area contributed by atoms with Crippen LogP contribution >= 0.6 is 0 Å². The van der Waals surface area contributed by atoms with E-state index in [4.69, 9.17) is 0 Å². The fourth-order valence-corrected chi connectivity index (χ4v) is 3.27. The molecule has 1 aromatic carbocycles. The van der Waals surface area contributed by atoms with Crippen LogP contribution in [-0.2, 0) is 4.79 Å². The van der Waals surface area contributed by atoms with Crippen molar-refractivity contribution in [2.24, 2.45) is 5.92 Å². The number of amides is 1. The summed E-state index contributed by atoms with van der Waals surface area (Å²) in [6.07, 6.45) is 3.25. The predicted molar refractivity (Wildman–Crippen MR) is 71.0 cm³/mol. The second-order valence-corrected chi connectivity index (χ2v) is 5.67. The average molecular weight is 262 g/mol. The molecule has 0 aliphatic carbocycles. The van der Waals surface area contributed by atoms with Crippen molar-refractivity contribution in [2.75, 3.05) is 0 Å². The lowest BCUT2D eigenvalue weighted by atomic mass is 9.88. The molecule has 19 heavy (non-hydrogen) atoms. The summed E-state index contributed by atoms with van der Waals surface area (Å²) in [6.45, 7) is 1.94. The summed E-state index contributed by atoms with van der Waals surface area (Å²) < 4.78 is 12.9. The van der Waals surface area contributed by atoms with Gasteiger partial charge in [-0.3, -0.25) is 4.79 Å². The van der Waals surface area contributed by atoms with Gasteiger partial charge in [0.1, 0.15) is 5.82 Å². The van der Waals surface area contributed by atoms with Gasteiger partial charge in [0.15, 0.2) is 0 Å². The van der Waals surface area contributed by atoms with Crippen molar-refractivity contribution in [3.8, 4) is 0 Å². The third-order valence-corrected chi connectivity index (χ3v) is 4.37. The number of fused-ring (bicyclic) bond motifs is 2. The lowest BCUT2D eigenvalue weighted by Gasteiger charge is -2.22. The average Bonchev–Trinajstić information content (AvgIpc) is 3.01. The number of hydrogen-bond acceptors (Lipinski definition) is 2. The van der Waals surface area contributed by atoms with Crippen LogP contribution in [0.25, 0.3) is 0 Å². The molecule has 0 saturated carbocycles. The predicted octanol–water partition coefficient (Wildman–Crippen LogP) is 2.14. The van der Waals surface area contributed by atoms with Crippen LogP contribution in [-0.4, -0.2) is 18.0 Å². The lowest BCUT2D eigenvalue weighted by molar-refractivity contribution is -0.126. The summed E-state index contributed by atoms with van der Waals surface area (Å²) in [6, 6.07) is 7.10. The molecule has 3 nitrogen and oxygen atoms in total. The van der Waals surface area contributed by atoms with E-state index < -0.39 is 0 Å². The molecule has 0 radical (unpaired) electrons. The van der Waals surface area contributed by atoms with E-state index >= 15 is 0 Å². The maximum atomic E-state index is 12.9. The molecule has 0 aromatic heterocycles. The zero-order chi connectivity index (χ0) is 13.4. The van der Waals surface area contributed by atoms with Gasteiger partial charge in [-0.1, -0.05) is 12.1 Å². The summed E-state index contributed by atoms with van der Waals surface area (Å²) in [5.74, 6) is -0.0299. The fraction of sp³-hybridized carbons (Fsp3) is 0.533. The van der Waals surface area contributed by atoms with Gasteiger partial charge in [0.2, 0.25) is 5.91 Å². The number of hydrogen-bond donors (Lipinski definition) is 2. The highest BCUT2D eigenvalue weighted by molar-refractivity contribution is 5.80. The minimum absolute atomic E-state index is 0.0766. The Kier molecular flexibility index (Phi) is 3.27. The Hall–Kier alpha value is -1.42. The van der Waals surface area contributed by atoms with Gasteiger partial charge in [-0.05, 0) is 43.9 Å². The first-order chi connectivity index (χ1) is 9.13. The zero-order valence-corrected chi connectivity index (χ0v) is 11.0. The van der Waals surface area contributed by atoms with Gasteiger partial charge in [-0.2, -0.15) is 0 Å². The van der Waals surface area contributed by atoms with Crippen LogP contribution in [0.15, 0.2) is 24.3 Å². The van der Waals surface area contributed by atoms with Crippen molar-refractivity contribution >= 4 is 5.91 Å². The van der Waals surface area contributed by atoms with E-state index in [1.807, 2.05) is 6.92 Å². The number of carbonyl (C=O) groups is 1. The zero-order valence-electron chi connectivity index (χ0n) is 11.0. The first kappa shape index (κ1) is 12.6. The highest BCUT2D eigenvalue weighted by Crippen LogP contribution is 2.33. The molecule has 3 rings (SSSR count). The number of halogens is 1. The van der Waals surface area contributed by atoms with Crippen molar-refractivity contribution in [3.05, 3.63) is 35.6 Å². The van der Waals surface area contributed by atoms with Gasteiger partial charge in [-0.25, -0.2) is 4.39 Å². The van der Waals surface area contributed by atoms with E-state index in [0.717, 1.165) is 18.4 Å². The Morgan fingerprint density at radius 2 is 2.11 bits per heavy atom. The van der Waals surface area contributed by atoms with Crippen LogP contribution in [0.4, 0.5) is 4.39 Å². The first-order valence-corrected chi connectivity index (χ1v) is 6.95. The van der Waals surface area contributed by atoms with E-state index in [9.17, 15) is 9.18 Å². The molecular weight excluding hydrogens is 243 g/mol. The molecule has 0 spiro atoms. The van der Waals surface area contributed by atoms with Gasteiger partial charge in [0, 0.05) is 12.1 Å². The van der Waals surface area contributed by atoms with Crippen molar-refractivity contribution in [1.29, 1.82) is 0 Å². The van der Waals surface area contributed by atoms with Crippen LogP contribution in [0.5, 0.6) is 0 Å². The molecule has 4 atom stereocenters. The molecule has 2 aliphatic rings. The number of carbonyl (C=O) groups excluding carboxylic acids is 1. The Labute approximate surface area is 112 Å². The maximum Gasteiger partial charge on any atom is 0.225 e. The molecule has 1 amide bonds. The summed E-state index contributed by atoms with van der Waals surface area (Å²) in [7, 11) is 0. The Bertz CT molecular complexity index is 474. The molecule has 102 valence electrons. The summed E-state index contributed by atoms with van der Waals surface area (Å²) in [5.41, 5.74) is 0.936.